The van der Waals surface area contributed by atoms with Crippen LogP contribution in [0, 0.1) is 6.92 Å². The fourth-order valence-corrected chi connectivity index (χ4v) is 5.17. The molecule has 0 saturated carbocycles. The second-order valence-electron chi connectivity index (χ2n) is 7.72. The first-order valence-corrected chi connectivity index (χ1v) is 11.6. The van der Waals surface area contributed by atoms with E-state index in [-0.39, 0.29) is 24.4 Å². The summed E-state index contributed by atoms with van der Waals surface area (Å²) >= 11 is 1.16. The number of aryl methyl sites for hydroxylation is 1. The lowest BCUT2D eigenvalue weighted by Gasteiger charge is -2.26. The van der Waals surface area contributed by atoms with Crippen molar-refractivity contribution < 1.29 is 14.3 Å². The molecule has 1 saturated heterocycles. The van der Waals surface area contributed by atoms with Gasteiger partial charge in [0, 0.05) is 26.2 Å². The van der Waals surface area contributed by atoms with E-state index in [1.807, 2.05) is 30.3 Å². The molecule has 8 nitrogen and oxygen atoms in total. The van der Waals surface area contributed by atoms with E-state index >= 15 is 0 Å². The third kappa shape index (κ3) is 4.41. The van der Waals surface area contributed by atoms with Gasteiger partial charge >= 0.3 is 11.7 Å². The van der Waals surface area contributed by atoms with E-state index in [0.717, 1.165) is 30.0 Å². The summed E-state index contributed by atoms with van der Waals surface area (Å²) in [5.74, 6) is -0.465. The van der Waals surface area contributed by atoms with Crippen molar-refractivity contribution in [2.45, 2.75) is 26.9 Å². The molecule has 0 N–H and O–H groups in total. The topological polar surface area (TPSA) is 82.8 Å². The van der Waals surface area contributed by atoms with E-state index in [0.29, 0.717) is 47.0 Å². The van der Waals surface area contributed by atoms with Gasteiger partial charge in [-0.1, -0.05) is 30.3 Å². The van der Waals surface area contributed by atoms with E-state index in [1.54, 1.807) is 18.4 Å². The van der Waals surface area contributed by atoms with Crippen LogP contribution in [-0.2, 0) is 22.6 Å². The van der Waals surface area contributed by atoms with Crippen LogP contribution in [0.15, 0.2) is 39.9 Å². The molecule has 0 atom stereocenters. The van der Waals surface area contributed by atoms with Gasteiger partial charge in [0.05, 0.1) is 31.8 Å². The van der Waals surface area contributed by atoms with Crippen LogP contribution in [0.2, 0.25) is 0 Å². The Morgan fingerprint density at radius 2 is 1.81 bits per heavy atom. The molecule has 9 heteroatoms. The number of carbonyl (C=O) groups is 1. The van der Waals surface area contributed by atoms with Crippen LogP contribution in [0.25, 0.3) is 10.2 Å². The van der Waals surface area contributed by atoms with Crippen molar-refractivity contribution in [2.24, 2.45) is 0 Å². The number of rotatable bonds is 7. The molecule has 0 radical (unpaired) electrons. The molecule has 3 heterocycles. The summed E-state index contributed by atoms with van der Waals surface area (Å²) in [4.78, 5) is 42.5. The monoisotopic (exact) mass is 457 g/mol. The van der Waals surface area contributed by atoms with E-state index < -0.39 is 5.97 Å². The van der Waals surface area contributed by atoms with Crippen LogP contribution in [0.1, 0.15) is 27.7 Å². The van der Waals surface area contributed by atoms with Gasteiger partial charge in [-0.15, -0.1) is 11.3 Å². The second kappa shape index (κ2) is 9.81. The number of hydrogen-bond donors (Lipinski definition) is 0. The number of thiophene rings is 1. The van der Waals surface area contributed by atoms with Gasteiger partial charge in [-0.05, 0) is 25.0 Å². The van der Waals surface area contributed by atoms with Crippen molar-refractivity contribution in [1.29, 1.82) is 0 Å². The molecule has 170 valence electrons. The highest BCUT2D eigenvalue weighted by Gasteiger charge is 2.24. The smallest absolute Gasteiger partial charge is 0.348 e. The lowest BCUT2D eigenvalue weighted by atomic mass is 10.2. The van der Waals surface area contributed by atoms with Gasteiger partial charge in [0.2, 0.25) is 0 Å². The van der Waals surface area contributed by atoms with Crippen molar-refractivity contribution in [3.8, 4) is 0 Å². The highest BCUT2D eigenvalue weighted by atomic mass is 32.1. The quantitative estimate of drug-likeness (QED) is 0.506. The minimum absolute atomic E-state index is 0.177. The maximum absolute atomic E-state index is 13.5. The summed E-state index contributed by atoms with van der Waals surface area (Å²) in [5.41, 5.74) is 0.691. The summed E-state index contributed by atoms with van der Waals surface area (Å²) in [6.07, 6.45) is 0. The number of hydrogen-bond acceptors (Lipinski definition) is 7. The molecule has 1 aliphatic heterocycles. The molecule has 4 rings (SSSR count). The van der Waals surface area contributed by atoms with Crippen LogP contribution in [0.3, 0.4) is 0 Å². The SMILES string of the molecule is CCOC(=O)c1sc2c(c1C)c(=O)n(Cc1ccccc1)c(=O)n2CCN1CCOCC1. The van der Waals surface area contributed by atoms with Crippen molar-refractivity contribution in [1.82, 2.24) is 14.0 Å². The van der Waals surface area contributed by atoms with E-state index in [4.69, 9.17) is 9.47 Å². The van der Waals surface area contributed by atoms with Crippen molar-refractivity contribution in [3.63, 3.8) is 0 Å². The maximum atomic E-state index is 13.5. The van der Waals surface area contributed by atoms with Crippen molar-refractivity contribution in [3.05, 3.63) is 67.2 Å². The molecular weight excluding hydrogens is 430 g/mol. The number of benzene rings is 1. The summed E-state index contributed by atoms with van der Waals surface area (Å²) < 4.78 is 13.5. The number of ether oxygens (including phenoxy) is 2. The Hall–Kier alpha value is -2.75. The van der Waals surface area contributed by atoms with Crippen LogP contribution >= 0.6 is 11.3 Å². The minimum Gasteiger partial charge on any atom is -0.462 e. The highest BCUT2D eigenvalue weighted by molar-refractivity contribution is 7.20. The predicted molar refractivity (Wildman–Crippen MR) is 124 cm³/mol. The molecule has 32 heavy (non-hydrogen) atoms. The Balaban J connectivity index is 1.83. The molecule has 0 aliphatic carbocycles. The first-order chi connectivity index (χ1) is 15.5. The van der Waals surface area contributed by atoms with Crippen LogP contribution in [0.5, 0.6) is 0 Å². The van der Waals surface area contributed by atoms with Gasteiger partial charge < -0.3 is 9.47 Å². The maximum Gasteiger partial charge on any atom is 0.348 e. The van der Waals surface area contributed by atoms with Gasteiger partial charge in [0.25, 0.3) is 5.56 Å². The fraction of sp³-hybridized carbons (Fsp3) is 0.435. The largest absolute Gasteiger partial charge is 0.462 e. The number of esters is 1. The molecule has 0 unspecified atom stereocenters. The lowest BCUT2D eigenvalue weighted by molar-refractivity contribution is 0.0363. The second-order valence-corrected chi connectivity index (χ2v) is 8.72. The standard InChI is InChI=1S/C23H27N3O5S/c1-3-31-22(28)19-16(2)18-20(27)26(15-17-7-5-4-6-8-17)23(29)25(21(18)32-19)10-9-24-11-13-30-14-12-24/h4-8H,3,9-15H2,1-2H3. The normalized spacial score (nSPS) is 14.7. The van der Waals surface area contributed by atoms with Gasteiger partial charge in [0.15, 0.2) is 0 Å². The zero-order chi connectivity index (χ0) is 22.7. The third-order valence-electron chi connectivity index (χ3n) is 5.68. The molecule has 2 aromatic heterocycles. The Kier molecular flexibility index (Phi) is 6.88. The lowest BCUT2D eigenvalue weighted by Crippen LogP contribution is -2.43. The molecule has 3 aromatic rings. The molecular formula is C23H27N3O5S. The summed E-state index contributed by atoms with van der Waals surface area (Å²) in [6.45, 7) is 7.94. The van der Waals surface area contributed by atoms with Crippen molar-refractivity contribution >= 4 is 27.5 Å². The average molecular weight is 458 g/mol. The molecule has 1 fully saturated rings. The molecule has 0 spiro atoms. The van der Waals surface area contributed by atoms with Gasteiger partial charge in [-0.25, -0.2) is 9.59 Å². The summed E-state index contributed by atoms with van der Waals surface area (Å²) in [5, 5.41) is 0.413. The Labute approximate surface area is 189 Å². The van der Waals surface area contributed by atoms with Gasteiger partial charge in [-0.2, -0.15) is 0 Å². The summed E-state index contributed by atoms with van der Waals surface area (Å²) in [7, 11) is 0. The van der Waals surface area contributed by atoms with Crippen LogP contribution < -0.4 is 11.2 Å². The number of aromatic nitrogens is 2. The molecule has 0 bridgehead atoms. The first kappa shape index (κ1) is 22.4. The average Bonchev–Trinajstić information content (AvgIpc) is 3.15. The Morgan fingerprint density at radius 3 is 2.50 bits per heavy atom. The number of nitrogens with zero attached hydrogens (tertiary/aromatic N) is 3. The molecule has 1 aliphatic rings. The third-order valence-corrected chi connectivity index (χ3v) is 6.98. The molecule has 0 amide bonds. The van der Waals surface area contributed by atoms with E-state index in [9.17, 15) is 14.4 Å². The Morgan fingerprint density at radius 1 is 1.09 bits per heavy atom. The Bertz CT molecular complexity index is 1220. The highest BCUT2D eigenvalue weighted by Crippen LogP contribution is 2.28. The van der Waals surface area contributed by atoms with E-state index in [2.05, 4.69) is 4.90 Å². The molecule has 1 aromatic carbocycles. The van der Waals surface area contributed by atoms with Crippen molar-refractivity contribution in [2.75, 3.05) is 39.5 Å². The number of morpholine rings is 1. The van der Waals surface area contributed by atoms with Crippen LogP contribution in [-0.4, -0.2) is 59.5 Å². The number of carbonyl (C=O) groups excluding carboxylic acids is 1. The zero-order valence-electron chi connectivity index (χ0n) is 18.3. The van der Waals surface area contributed by atoms with Gasteiger partial charge in [0.1, 0.15) is 9.71 Å². The van der Waals surface area contributed by atoms with Gasteiger partial charge in [-0.3, -0.25) is 18.8 Å². The zero-order valence-corrected chi connectivity index (χ0v) is 19.2. The van der Waals surface area contributed by atoms with E-state index in [1.165, 1.54) is 4.57 Å². The summed E-state index contributed by atoms with van der Waals surface area (Å²) in [6, 6.07) is 9.43. The first-order valence-electron chi connectivity index (χ1n) is 10.8. The fourth-order valence-electron chi connectivity index (χ4n) is 3.95. The van der Waals surface area contributed by atoms with Crippen LogP contribution in [0.4, 0.5) is 0 Å². The minimum atomic E-state index is -0.465. The number of fused-ring (bicyclic) bond motifs is 1. The predicted octanol–water partition coefficient (Wildman–Crippen LogP) is 2.09.